The monoisotopic (exact) mass is 251 g/mol. The van der Waals surface area contributed by atoms with Gasteiger partial charge >= 0.3 is 0 Å². The fourth-order valence-corrected chi connectivity index (χ4v) is 2.26. The second-order valence-electron chi connectivity index (χ2n) is 4.71. The van der Waals surface area contributed by atoms with Gasteiger partial charge in [-0.3, -0.25) is 4.79 Å². The first-order valence-corrected chi connectivity index (χ1v) is 6.29. The molecule has 0 aromatic heterocycles. The number of piperidine rings is 1. The van der Waals surface area contributed by atoms with Gasteiger partial charge in [-0.05, 0) is 25.0 Å². The van der Waals surface area contributed by atoms with E-state index in [1.165, 1.54) is 6.07 Å². The van der Waals surface area contributed by atoms with Gasteiger partial charge in [0.05, 0.1) is 6.61 Å². The van der Waals surface area contributed by atoms with Crippen LogP contribution in [-0.2, 0) is 4.79 Å². The number of amides is 1. The third-order valence-electron chi connectivity index (χ3n) is 3.28. The van der Waals surface area contributed by atoms with E-state index in [1.807, 2.05) is 4.90 Å². The average Bonchev–Trinajstić information content (AvgIpc) is 2.38. The van der Waals surface area contributed by atoms with Crippen molar-refractivity contribution in [2.75, 3.05) is 19.7 Å². The van der Waals surface area contributed by atoms with Crippen LogP contribution < -0.4 is 4.74 Å². The molecule has 0 aliphatic carbocycles. The fourth-order valence-electron chi connectivity index (χ4n) is 2.26. The highest BCUT2D eigenvalue weighted by Crippen LogP contribution is 2.20. The first-order chi connectivity index (χ1) is 8.66. The zero-order valence-corrected chi connectivity index (χ0v) is 10.6. The van der Waals surface area contributed by atoms with Crippen LogP contribution in [-0.4, -0.2) is 30.5 Å². The normalized spacial score (nSPS) is 19.7. The Morgan fingerprint density at radius 1 is 1.50 bits per heavy atom. The predicted octanol–water partition coefficient (Wildman–Crippen LogP) is 2.46. The third-order valence-corrected chi connectivity index (χ3v) is 3.28. The summed E-state index contributed by atoms with van der Waals surface area (Å²) in [6.45, 7) is 3.58. The van der Waals surface area contributed by atoms with E-state index in [2.05, 4.69) is 0 Å². The van der Waals surface area contributed by atoms with Crippen LogP contribution in [0.4, 0.5) is 4.39 Å². The van der Waals surface area contributed by atoms with Gasteiger partial charge in [-0.2, -0.15) is 0 Å². The molecule has 3 nitrogen and oxygen atoms in total. The summed E-state index contributed by atoms with van der Waals surface area (Å²) < 4.78 is 18.9. The molecule has 1 amide bonds. The van der Waals surface area contributed by atoms with Crippen LogP contribution in [0.2, 0.25) is 0 Å². The molecule has 1 aliphatic rings. The van der Waals surface area contributed by atoms with Gasteiger partial charge in [-0.15, -0.1) is 0 Å². The average molecular weight is 251 g/mol. The number of para-hydroxylation sites is 1. The second-order valence-corrected chi connectivity index (χ2v) is 4.71. The standard InChI is InChI=1S/C14H18FNO2/c1-11(17)16-8-4-5-12(9-16)10-18-14-7-3-2-6-13(14)15/h2-3,6-7,12H,4-5,8-10H2,1H3/t12-/m0/s1. The molecule has 0 saturated carbocycles. The Kier molecular flexibility index (Phi) is 4.18. The van der Waals surface area contributed by atoms with Gasteiger partial charge < -0.3 is 9.64 Å². The zero-order chi connectivity index (χ0) is 13.0. The van der Waals surface area contributed by atoms with Crippen molar-refractivity contribution >= 4 is 5.91 Å². The number of carbonyl (C=O) groups excluding carboxylic acids is 1. The minimum Gasteiger partial charge on any atom is -0.490 e. The van der Waals surface area contributed by atoms with Crippen LogP contribution in [0.1, 0.15) is 19.8 Å². The van der Waals surface area contributed by atoms with E-state index in [0.717, 1.165) is 19.4 Å². The molecule has 0 radical (unpaired) electrons. The molecule has 0 unspecified atom stereocenters. The highest BCUT2D eigenvalue weighted by molar-refractivity contribution is 5.73. The maximum Gasteiger partial charge on any atom is 0.219 e. The maximum atomic E-state index is 13.4. The van der Waals surface area contributed by atoms with Crippen LogP contribution >= 0.6 is 0 Å². The summed E-state index contributed by atoms with van der Waals surface area (Å²) in [5.74, 6) is 0.349. The van der Waals surface area contributed by atoms with Gasteiger partial charge in [0, 0.05) is 25.9 Å². The van der Waals surface area contributed by atoms with E-state index in [4.69, 9.17) is 4.74 Å². The van der Waals surface area contributed by atoms with Crippen molar-refractivity contribution in [3.05, 3.63) is 30.1 Å². The van der Waals surface area contributed by atoms with Crippen molar-refractivity contribution in [2.45, 2.75) is 19.8 Å². The van der Waals surface area contributed by atoms with Gasteiger partial charge in [0.2, 0.25) is 5.91 Å². The number of likely N-dealkylation sites (tertiary alicyclic amines) is 1. The maximum absolute atomic E-state index is 13.4. The Labute approximate surface area is 107 Å². The molecule has 1 aliphatic heterocycles. The van der Waals surface area contributed by atoms with Crippen LogP contribution in [0.15, 0.2) is 24.3 Å². The number of halogens is 1. The van der Waals surface area contributed by atoms with Crippen molar-refractivity contribution < 1.29 is 13.9 Å². The third kappa shape index (κ3) is 3.22. The molecule has 0 N–H and O–H groups in total. The lowest BCUT2D eigenvalue weighted by molar-refractivity contribution is -0.130. The molecule has 4 heteroatoms. The SMILES string of the molecule is CC(=O)N1CCC[C@H](COc2ccccc2F)C1. The summed E-state index contributed by atoms with van der Waals surface area (Å²) in [5, 5.41) is 0. The van der Waals surface area contributed by atoms with E-state index in [-0.39, 0.29) is 17.5 Å². The minimum absolute atomic E-state index is 0.102. The molecule has 0 bridgehead atoms. The van der Waals surface area contributed by atoms with Gasteiger partial charge in [-0.25, -0.2) is 4.39 Å². The summed E-state index contributed by atoms with van der Waals surface area (Å²) in [6.07, 6.45) is 2.02. The van der Waals surface area contributed by atoms with Crippen molar-refractivity contribution in [1.29, 1.82) is 0 Å². The number of hydrogen-bond donors (Lipinski definition) is 0. The topological polar surface area (TPSA) is 29.5 Å². The first kappa shape index (κ1) is 12.9. The molecule has 98 valence electrons. The lowest BCUT2D eigenvalue weighted by Gasteiger charge is -2.31. The smallest absolute Gasteiger partial charge is 0.219 e. The Morgan fingerprint density at radius 3 is 3.00 bits per heavy atom. The van der Waals surface area contributed by atoms with Gasteiger partial charge in [0.25, 0.3) is 0 Å². The van der Waals surface area contributed by atoms with Crippen LogP contribution in [0.5, 0.6) is 5.75 Å². The van der Waals surface area contributed by atoms with E-state index in [9.17, 15) is 9.18 Å². The summed E-state index contributed by atoms with van der Waals surface area (Å²) in [7, 11) is 0. The number of ether oxygens (including phenoxy) is 1. The lowest BCUT2D eigenvalue weighted by Crippen LogP contribution is -2.40. The van der Waals surface area contributed by atoms with Crippen LogP contribution in [0, 0.1) is 11.7 Å². The van der Waals surface area contributed by atoms with Crippen molar-refractivity contribution in [3.8, 4) is 5.75 Å². The molecule has 0 spiro atoms. The van der Waals surface area contributed by atoms with Gasteiger partial charge in [0.1, 0.15) is 0 Å². The Morgan fingerprint density at radius 2 is 2.28 bits per heavy atom. The van der Waals surface area contributed by atoms with Gasteiger partial charge in [0.15, 0.2) is 11.6 Å². The summed E-state index contributed by atoms with van der Waals surface area (Å²) in [4.78, 5) is 13.1. The van der Waals surface area contributed by atoms with Crippen molar-refractivity contribution in [2.24, 2.45) is 5.92 Å². The Bertz CT molecular complexity index is 422. The van der Waals surface area contributed by atoms with E-state index >= 15 is 0 Å². The zero-order valence-electron chi connectivity index (χ0n) is 10.6. The number of benzene rings is 1. The number of carbonyl (C=O) groups is 1. The fraction of sp³-hybridized carbons (Fsp3) is 0.500. The van der Waals surface area contributed by atoms with Crippen LogP contribution in [0.25, 0.3) is 0 Å². The molecular formula is C14H18FNO2. The highest BCUT2D eigenvalue weighted by atomic mass is 19.1. The summed E-state index contributed by atoms with van der Waals surface area (Å²) in [6, 6.07) is 6.40. The highest BCUT2D eigenvalue weighted by Gasteiger charge is 2.22. The largest absolute Gasteiger partial charge is 0.490 e. The quantitative estimate of drug-likeness (QED) is 0.826. The molecular weight excluding hydrogens is 233 g/mol. The molecule has 18 heavy (non-hydrogen) atoms. The Hall–Kier alpha value is -1.58. The molecule has 1 heterocycles. The number of rotatable bonds is 3. The lowest BCUT2D eigenvalue weighted by atomic mass is 9.99. The molecule has 1 aromatic rings. The minimum atomic E-state index is -0.336. The van der Waals surface area contributed by atoms with E-state index < -0.39 is 0 Å². The Balaban J connectivity index is 1.87. The second kappa shape index (κ2) is 5.85. The van der Waals surface area contributed by atoms with Crippen molar-refractivity contribution in [1.82, 2.24) is 4.90 Å². The molecule has 2 rings (SSSR count). The summed E-state index contributed by atoms with van der Waals surface area (Å²) >= 11 is 0. The molecule has 1 saturated heterocycles. The van der Waals surface area contributed by atoms with Crippen molar-refractivity contribution in [3.63, 3.8) is 0 Å². The molecule has 1 atom stereocenters. The van der Waals surface area contributed by atoms with Crippen LogP contribution in [0.3, 0.4) is 0 Å². The summed E-state index contributed by atoms with van der Waals surface area (Å²) in [5.41, 5.74) is 0. The number of nitrogens with zero attached hydrogens (tertiary/aromatic N) is 1. The molecule has 1 fully saturated rings. The number of hydrogen-bond acceptors (Lipinski definition) is 2. The molecule has 1 aromatic carbocycles. The van der Waals surface area contributed by atoms with Gasteiger partial charge in [-0.1, -0.05) is 12.1 Å². The van der Waals surface area contributed by atoms with E-state index in [1.54, 1.807) is 25.1 Å². The first-order valence-electron chi connectivity index (χ1n) is 6.29. The van der Waals surface area contributed by atoms with E-state index in [0.29, 0.717) is 19.1 Å². The predicted molar refractivity (Wildman–Crippen MR) is 66.9 cm³/mol.